The predicted molar refractivity (Wildman–Crippen MR) is 197 cm³/mol. The van der Waals surface area contributed by atoms with E-state index in [0.717, 1.165) is 0 Å². The summed E-state index contributed by atoms with van der Waals surface area (Å²) in [5.74, 6) is 0. The molecule has 1 nitrogen and oxygen atoms in total. The Labute approximate surface area is 276 Å². The maximum absolute atomic E-state index is 2.54. The van der Waals surface area contributed by atoms with Crippen LogP contribution in [0.4, 0.5) is 0 Å². The molecule has 47 heavy (non-hydrogen) atoms. The minimum Gasteiger partial charge on any atom is -0.309 e. The summed E-state index contributed by atoms with van der Waals surface area (Å²) in [4.78, 5) is 2.65. The van der Waals surface area contributed by atoms with Crippen molar-refractivity contribution in [3.8, 4) is 16.8 Å². The molecule has 1 aromatic heterocycles. The fourth-order valence-corrected chi connectivity index (χ4v) is 10.0. The molecule has 0 N–H and O–H groups in total. The van der Waals surface area contributed by atoms with E-state index in [1.807, 2.05) is 11.8 Å². The Morgan fingerprint density at radius 2 is 1.02 bits per heavy atom. The SMILES string of the molecule is c1ccc2c(c1)Sc1cc3c4c5ccccc5ccc4n(-c4cccc5ccccc45)c3cc1C21c2ccccc2-c2ccccc21. The van der Waals surface area contributed by atoms with Gasteiger partial charge in [0.2, 0.25) is 0 Å². The molecule has 1 aliphatic carbocycles. The second-order valence-electron chi connectivity index (χ2n) is 12.8. The third-order valence-electron chi connectivity index (χ3n) is 10.6. The highest BCUT2D eigenvalue weighted by molar-refractivity contribution is 7.99. The molecule has 1 spiro atoms. The quantitative estimate of drug-likeness (QED) is 0.178. The van der Waals surface area contributed by atoms with Crippen LogP contribution in [-0.2, 0) is 5.41 Å². The van der Waals surface area contributed by atoms with Gasteiger partial charge in [0.25, 0.3) is 0 Å². The van der Waals surface area contributed by atoms with Crippen LogP contribution in [0.25, 0.3) is 60.2 Å². The van der Waals surface area contributed by atoms with Gasteiger partial charge < -0.3 is 4.57 Å². The minimum atomic E-state index is -0.416. The fourth-order valence-electron chi connectivity index (χ4n) is 8.80. The Kier molecular flexibility index (Phi) is 5.04. The van der Waals surface area contributed by atoms with E-state index in [1.165, 1.54) is 92.2 Å². The van der Waals surface area contributed by atoms with Crippen molar-refractivity contribution in [2.24, 2.45) is 0 Å². The predicted octanol–water partition coefficient (Wildman–Crippen LogP) is 11.9. The van der Waals surface area contributed by atoms with E-state index in [4.69, 9.17) is 0 Å². The Balaban J connectivity index is 1.36. The minimum absolute atomic E-state index is 0.416. The van der Waals surface area contributed by atoms with Gasteiger partial charge in [-0.1, -0.05) is 145 Å². The highest BCUT2D eigenvalue weighted by Crippen LogP contribution is 2.62. The van der Waals surface area contributed by atoms with Crippen LogP contribution in [0.1, 0.15) is 22.3 Å². The average molecular weight is 614 g/mol. The maximum atomic E-state index is 2.54. The maximum Gasteiger partial charge on any atom is 0.0736 e. The van der Waals surface area contributed by atoms with E-state index in [2.05, 4.69) is 168 Å². The van der Waals surface area contributed by atoms with Crippen LogP contribution >= 0.6 is 11.8 Å². The van der Waals surface area contributed by atoms with E-state index in [-0.39, 0.29) is 0 Å². The van der Waals surface area contributed by atoms with Crippen molar-refractivity contribution in [3.05, 3.63) is 186 Å². The molecule has 8 aromatic carbocycles. The van der Waals surface area contributed by atoms with Gasteiger partial charge in [-0.3, -0.25) is 0 Å². The topological polar surface area (TPSA) is 4.93 Å². The van der Waals surface area contributed by atoms with Crippen molar-refractivity contribution in [1.29, 1.82) is 0 Å². The average Bonchev–Trinajstić information content (AvgIpc) is 3.61. The smallest absolute Gasteiger partial charge is 0.0736 e. The molecular weight excluding hydrogens is 587 g/mol. The van der Waals surface area contributed by atoms with Gasteiger partial charge >= 0.3 is 0 Å². The molecule has 0 unspecified atom stereocenters. The highest BCUT2D eigenvalue weighted by Gasteiger charge is 2.50. The van der Waals surface area contributed by atoms with Crippen LogP contribution in [0.15, 0.2) is 174 Å². The van der Waals surface area contributed by atoms with E-state index < -0.39 is 5.41 Å². The summed E-state index contributed by atoms with van der Waals surface area (Å²) >= 11 is 1.92. The summed E-state index contributed by atoms with van der Waals surface area (Å²) in [5, 5.41) is 7.67. The molecule has 0 amide bonds. The van der Waals surface area contributed by atoms with Gasteiger partial charge in [-0.15, -0.1) is 0 Å². The third kappa shape index (κ3) is 3.21. The number of benzene rings is 8. The zero-order valence-corrected chi connectivity index (χ0v) is 26.3. The summed E-state index contributed by atoms with van der Waals surface area (Å²) in [6, 6.07) is 61.2. The Morgan fingerprint density at radius 3 is 1.81 bits per heavy atom. The third-order valence-corrected chi connectivity index (χ3v) is 11.8. The van der Waals surface area contributed by atoms with E-state index in [1.54, 1.807) is 0 Å². The van der Waals surface area contributed by atoms with Crippen molar-refractivity contribution in [3.63, 3.8) is 0 Å². The van der Waals surface area contributed by atoms with E-state index in [0.29, 0.717) is 0 Å². The number of hydrogen-bond donors (Lipinski definition) is 0. The van der Waals surface area contributed by atoms with Crippen molar-refractivity contribution < 1.29 is 0 Å². The number of hydrogen-bond acceptors (Lipinski definition) is 1. The molecule has 9 aromatic rings. The van der Waals surface area contributed by atoms with Crippen LogP contribution in [0.2, 0.25) is 0 Å². The number of rotatable bonds is 1. The number of nitrogens with zero attached hydrogens (tertiary/aromatic N) is 1. The second-order valence-corrected chi connectivity index (χ2v) is 13.9. The first kappa shape index (κ1) is 25.6. The summed E-state index contributed by atoms with van der Waals surface area (Å²) < 4.78 is 2.53. The zero-order valence-electron chi connectivity index (χ0n) is 25.4. The largest absolute Gasteiger partial charge is 0.309 e. The van der Waals surface area contributed by atoms with Crippen molar-refractivity contribution in [1.82, 2.24) is 4.57 Å². The molecule has 11 rings (SSSR count). The van der Waals surface area contributed by atoms with E-state index >= 15 is 0 Å². The second kappa shape index (κ2) is 9.25. The molecular formula is C45H27NS. The lowest BCUT2D eigenvalue weighted by Gasteiger charge is -2.39. The molecule has 0 bridgehead atoms. The van der Waals surface area contributed by atoms with Gasteiger partial charge in [0.1, 0.15) is 0 Å². The summed E-state index contributed by atoms with van der Waals surface area (Å²) in [5.41, 5.74) is 11.4. The molecule has 2 heteroatoms. The van der Waals surface area contributed by atoms with Crippen molar-refractivity contribution in [2.75, 3.05) is 0 Å². The van der Waals surface area contributed by atoms with Crippen LogP contribution in [0.3, 0.4) is 0 Å². The van der Waals surface area contributed by atoms with Gasteiger partial charge in [0, 0.05) is 25.9 Å². The fraction of sp³-hybridized carbons (Fsp3) is 0.0222. The van der Waals surface area contributed by atoms with Crippen LogP contribution < -0.4 is 0 Å². The molecule has 2 aliphatic rings. The Morgan fingerprint density at radius 1 is 0.404 bits per heavy atom. The first-order valence-corrected chi connectivity index (χ1v) is 17.1. The zero-order chi connectivity index (χ0) is 30.7. The molecule has 2 heterocycles. The normalized spacial score (nSPS) is 14.0. The van der Waals surface area contributed by atoms with E-state index in [9.17, 15) is 0 Å². The molecule has 0 fully saturated rings. The Bertz CT molecular complexity index is 2730. The van der Waals surface area contributed by atoms with Crippen molar-refractivity contribution in [2.45, 2.75) is 15.2 Å². The van der Waals surface area contributed by atoms with Crippen LogP contribution in [0, 0.1) is 0 Å². The van der Waals surface area contributed by atoms with Gasteiger partial charge in [-0.2, -0.15) is 0 Å². The molecule has 0 radical (unpaired) electrons. The standard InChI is InChI=1S/C45H27NS/c1-3-15-30-28(12-1)14-11-22-39(30)46-40-25-24-29-13-2-4-16-31(29)44(40)34-26-43-38(27-41(34)46)45(37-21-9-10-23-42(37)47-43)35-19-7-5-17-32(35)33-18-6-8-20-36(33)45/h1-27H. The number of aromatic nitrogens is 1. The number of fused-ring (bicyclic) bond motifs is 15. The summed E-state index contributed by atoms with van der Waals surface area (Å²) in [6.07, 6.45) is 0. The van der Waals surface area contributed by atoms with Gasteiger partial charge in [0.15, 0.2) is 0 Å². The molecule has 0 atom stereocenters. The monoisotopic (exact) mass is 613 g/mol. The highest BCUT2D eigenvalue weighted by atomic mass is 32.2. The van der Waals surface area contributed by atoms with Gasteiger partial charge in [-0.05, 0) is 79.9 Å². The summed E-state index contributed by atoms with van der Waals surface area (Å²) in [6.45, 7) is 0. The molecule has 0 saturated carbocycles. The van der Waals surface area contributed by atoms with Gasteiger partial charge in [0.05, 0.1) is 22.1 Å². The van der Waals surface area contributed by atoms with Crippen molar-refractivity contribution >= 4 is 55.1 Å². The first-order chi connectivity index (χ1) is 23.3. The Hall–Kier alpha value is -5.57. The lowest BCUT2D eigenvalue weighted by molar-refractivity contribution is 0.724. The summed E-state index contributed by atoms with van der Waals surface area (Å²) in [7, 11) is 0. The molecule has 218 valence electrons. The van der Waals surface area contributed by atoms with Crippen LogP contribution in [-0.4, -0.2) is 4.57 Å². The lowest BCUT2D eigenvalue weighted by Crippen LogP contribution is -2.32. The first-order valence-electron chi connectivity index (χ1n) is 16.3. The van der Waals surface area contributed by atoms with Crippen LogP contribution in [0.5, 0.6) is 0 Å². The lowest BCUT2D eigenvalue weighted by atomic mass is 9.67. The molecule has 1 aliphatic heterocycles. The molecule has 0 saturated heterocycles. The van der Waals surface area contributed by atoms with Gasteiger partial charge in [-0.25, -0.2) is 0 Å².